The Kier molecular flexibility index (Phi) is 5.66. The smallest absolute Gasteiger partial charge is 0.243 e. The first kappa shape index (κ1) is 17.3. The lowest BCUT2D eigenvalue weighted by Crippen LogP contribution is -2.44. The van der Waals surface area contributed by atoms with Gasteiger partial charge in [0.05, 0.1) is 6.20 Å². The maximum atomic E-state index is 12.2. The molecule has 23 heavy (non-hydrogen) atoms. The van der Waals surface area contributed by atoms with Crippen molar-refractivity contribution in [1.29, 1.82) is 0 Å². The molecule has 0 saturated carbocycles. The van der Waals surface area contributed by atoms with Gasteiger partial charge < -0.3 is 4.90 Å². The number of piperidine rings is 1. The summed E-state index contributed by atoms with van der Waals surface area (Å²) in [5, 5.41) is 3.93. The zero-order valence-electron chi connectivity index (χ0n) is 13.6. The monoisotopic (exact) mass is 358 g/mol. The summed E-state index contributed by atoms with van der Waals surface area (Å²) in [4.78, 5) is 2.86. The molecule has 3 heterocycles. The standard InChI is InChI=1S/C15H26N4O2S2/c1-18-12-15(11-16-18)23(20,21)17-10-13-2-6-19(7-3-13)14-4-8-22-9-5-14/h11-14,17H,2-10H2,1H3. The zero-order valence-corrected chi connectivity index (χ0v) is 15.3. The van der Waals surface area contributed by atoms with Gasteiger partial charge in [0, 0.05) is 25.8 Å². The van der Waals surface area contributed by atoms with E-state index in [2.05, 4.69) is 26.5 Å². The summed E-state index contributed by atoms with van der Waals surface area (Å²) in [5.41, 5.74) is 0. The van der Waals surface area contributed by atoms with Crippen molar-refractivity contribution < 1.29 is 8.42 Å². The molecule has 0 bridgehead atoms. The first-order valence-electron chi connectivity index (χ1n) is 8.35. The second-order valence-corrected chi connectivity index (χ2v) is 9.52. The molecule has 0 amide bonds. The molecule has 2 fully saturated rings. The molecule has 130 valence electrons. The molecule has 0 spiro atoms. The van der Waals surface area contributed by atoms with Gasteiger partial charge in [0.2, 0.25) is 10.0 Å². The quantitative estimate of drug-likeness (QED) is 0.859. The number of thioether (sulfide) groups is 1. The highest BCUT2D eigenvalue weighted by atomic mass is 32.2. The van der Waals surface area contributed by atoms with Crippen LogP contribution in [-0.2, 0) is 17.1 Å². The molecule has 0 unspecified atom stereocenters. The molecule has 0 aliphatic carbocycles. The van der Waals surface area contributed by atoms with Crippen LogP contribution < -0.4 is 4.72 Å². The van der Waals surface area contributed by atoms with E-state index in [1.165, 1.54) is 41.4 Å². The molecule has 3 rings (SSSR count). The normalized spacial score (nSPS) is 22.5. The highest BCUT2D eigenvalue weighted by Gasteiger charge is 2.27. The van der Waals surface area contributed by atoms with Crippen molar-refractivity contribution in [2.75, 3.05) is 31.1 Å². The van der Waals surface area contributed by atoms with E-state index in [1.807, 2.05) is 0 Å². The molecule has 2 aliphatic heterocycles. The molecule has 1 aromatic rings. The second-order valence-electron chi connectivity index (χ2n) is 6.52. The fraction of sp³-hybridized carbons (Fsp3) is 0.800. The van der Waals surface area contributed by atoms with Gasteiger partial charge in [-0.05, 0) is 56.2 Å². The Morgan fingerprint density at radius 3 is 2.57 bits per heavy atom. The van der Waals surface area contributed by atoms with Crippen LogP contribution in [0.15, 0.2) is 17.3 Å². The predicted octanol–water partition coefficient (Wildman–Crippen LogP) is 1.31. The van der Waals surface area contributed by atoms with Gasteiger partial charge in [-0.3, -0.25) is 4.68 Å². The van der Waals surface area contributed by atoms with Crippen molar-refractivity contribution in [2.24, 2.45) is 13.0 Å². The summed E-state index contributed by atoms with van der Waals surface area (Å²) in [5.74, 6) is 3.01. The van der Waals surface area contributed by atoms with E-state index in [0.29, 0.717) is 12.5 Å². The van der Waals surface area contributed by atoms with Crippen molar-refractivity contribution >= 4 is 21.8 Å². The summed E-state index contributed by atoms with van der Waals surface area (Å²) in [6.07, 6.45) is 7.71. The Morgan fingerprint density at radius 1 is 1.26 bits per heavy atom. The summed E-state index contributed by atoms with van der Waals surface area (Å²) >= 11 is 2.06. The van der Waals surface area contributed by atoms with Gasteiger partial charge in [0.25, 0.3) is 0 Å². The van der Waals surface area contributed by atoms with Crippen LogP contribution >= 0.6 is 11.8 Å². The number of sulfonamides is 1. The average molecular weight is 359 g/mol. The summed E-state index contributed by atoms with van der Waals surface area (Å²) in [6, 6.07) is 0.754. The van der Waals surface area contributed by atoms with Gasteiger partial charge in [0.1, 0.15) is 4.90 Å². The van der Waals surface area contributed by atoms with Gasteiger partial charge >= 0.3 is 0 Å². The summed E-state index contributed by atoms with van der Waals surface area (Å²) in [7, 11) is -1.70. The van der Waals surface area contributed by atoms with E-state index >= 15 is 0 Å². The highest BCUT2D eigenvalue weighted by molar-refractivity contribution is 7.99. The molecule has 2 aliphatic rings. The van der Waals surface area contributed by atoms with Gasteiger partial charge in [-0.2, -0.15) is 16.9 Å². The molecule has 2 saturated heterocycles. The Hall–Kier alpha value is -0.570. The Labute approximate surface area is 143 Å². The number of aromatic nitrogens is 2. The molecule has 0 atom stereocenters. The Bertz CT molecular complexity index is 603. The van der Waals surface area contributed by atoms with E-state index in [0.717, 1.165) is 32.0 Å². The number of aryl methyl sites for hydroxylation is 1. The summed E-state index contributed by atoms with van der Waals surface area (Å²) in [6.45, 7) is 2.74. The molecule has 0 radical (unpaired) electrons. The molecule has 1 aromatic heterocycles. The van der Waals surface area contributed by atoms with E-state index in [-0.39, 0.29) is 4.90 Å². The lowest BCUT2D eigenvalue weighted by Gasteiger charge is -2.39. The molecule has 0 aromatic carbocycles. The van der Waals surface area contributed by atoms with Crippen molar-refractivity contribution in [2.45, 2.75) is 36.6 Å². The second kappa shape index (κ2) is 7.55. The van der Waals surface area contributed by atoms with Crippen LogP contribution in [0, 0.1) is 5.92 Å². The van der Waals surface area contributed by atoms with Crippen LogP contribution in [0.3, 0.4) is 0 Å². The number of hydrogen-bond acceptors (Lipinski definition) is 5. The lowest BCUT2D eigenvalue weighted by molar-refractivity contribution is 0.127. The number of likely N-dealkylation sites (tertiary alicyclic amines) is 1. The van der Waals surface area contributed by atoms with Crippen LogP contribution in [0.5, 0.6) is 0 Å². The van der Waals surface area contributed by atoms with Crippen molar-refractivity contribution in [3.63, 3.8) is 0 Å². The molecular formula is C15H26N4O2S2. The van der Waals surface area contributed by atoms with Crippen LogP contribution in [0.4, 0.5) is 0 Å². The van der Waals surface area contributed by atoms with Crippen molar-refractivity contribution in [1.82, 2.24) is 19.4 Å². The third-order valence-electron chi connectivity index (χ3n) is 4.91. The van der Waals surface area contributed by atoms with Gasteiger partial charge in [-0.25, -0.2) is 13.1 Å². The minimum Gasteiger partial charge on any atom is -0.300 e. The van der Waals surface area contributed by atoms with E-state index in [9.17, 15) is 8.42 Å². The van der Waals surface area contributed by atoms with E-state index in [1.54, 1.807) is 7.05 Å². The zero-order chi connectivity index (χ0) is 16.3. The SMILES string of the molecule is Cn1cc(S(=O)(=O)NCC2CCN(C3CCSCC3)CC2)cn1. The minimum absolute atomic E-state index is 0.247. The fourth-order valence-corrected chi connectivity index (χ4v) is 5.60. The highest BCUT2D eigenvalue weighted by Crippen LogP contribution is 2.26. The number of hydrogen-bond donors (Lipinski definition) is 1. The largest absolute Gasteiger partial charge is 0.300 e. The van der Waals surface area contributed by atoms with Crippen LogP contribution in [0.2, 0.25) is 0 Å². The number of nitrogens with zero attached hydrogens (tertiary/aromatic N) is 3. The maximum Gasteiger partial charge on any atom is 0.243 e. The molecule has 1 N–H and O–H groups in total. The third-order valence-corrected chi connectivity index (χ3v) is 7.34. The topological polar surface area (TPSA) is 67.2 Å². The van der Waals surface area contributed by atoms with Gasteiger partial charge in [-0.15, -0.1) is 0 Å². The fourth-order valence-electron chi connectivity index (χ4n) is 3.42. The molecule has 6 nitrogen and oxygen atoms in total. The number of rotatable bonds is 5. The van der Waals surface area contributed by atoms with E-state index in [4.69, 9.17) is 0 Å². The first-order chi connectivity index (χ1) is 11.0. The van der Waals surface area contributed by atoms with Crippen LogP contribution in [0.1, 0.15) is 25.7 Å². The van der Waals surface area contributed by atoms with Gasteiger partial charge in [-0.1, -0.05) is 0 Å². The van der Waals surface area contributed by atoms with Crippen LogP contribution in [0.25, 0.3) is 0 Å². The predicted molar refractivity (Wildman–Crippen MR) is 93.0 cm³/mol. The lowest BCUT2D eigenvalue weighted by atomic mass is 9.95. The molecule has 8 heteroatoms. The van der Waals surface area contributed by atoms with Crippen molar-refractivity contribution in [3.05, 3.63) is 12.4 Å². The molecular weight excluding hydrogens is 332 g/mol. The first-order valence-corrected chi connectivity index (χ1v) is 11.0. The number of nitrogens with one attached hydrogen (secondary N) is 1. The Balaban J connectivity index is 1.45. The summed E-state index contributed by atoms with van der Waals surface area (Å²) < 4.78 is 28.7. The van der Waals surface area contributed by atoms with Gasteiger partial charge in [0.15, 0.2) is 0 Å². The van der Waals surface area contributed by atoms with E-state index < -0.39 is 10.0 Å². The van der Waals surface area contributed by atoms with Crippen molar-refractivity contribution in [3.8, 4) is 0 Å². The Morgan fingerprint density at radius 2 is 1.96 bits per heavy atom. The minimum atomic E-state index is -3.42. The van der Waals surface area contributed by atoms with Crippen LogP contribution in [-0.4, -0.2) is 60.3 Å². The average Bonchev–Trinajstić information content (AvgIpc) is 3.02. The third kappa shape index (κ3) is 4.49. The maximum absolute atomic E-state index is 12.2.